The first-order valence-electron chi connectivity index (χ1n) is 9.31. The van der Waals surface area contributed by atoms with Crippen LogP contribution in [-0.2, 0) is 20.0 Å². The number of hydrogen-bond acceptors (Lipinski definition) is 4. The molecule has 5 nitrogen and oxygen atoms in total. The quantitative estimate of drug-likeness (QED) is 0.494. The van der Waals surface area contributed by atoms with E-state index < -0.39 is 0 Å². The SMILES string of the molecule is CCc1cccc2sc(N(Cc3ccccc3)C(=O)c3c(C)cnn3C)nc12. The van der Waals surface area contributed by atoms with E-state index in [0.717, 1.165) is 27.8 Å². The smallest absolute Gasteiger partial charge is 0.278 e. The molecule has 0 aliphatic rings. The minimum Gasteiger partial charge on any atom is -0.278 e. The number of hydrogen-bond donors (Lipinski definition) is 0. The van der Waals surface area contributed by atoms with Gasteiger partial charge in [0, 0.05) is 7.05 Å². The van der Waals surface area contributed by atoms with Crippen LogP contribution in [0.4, 0.5) is 5.13 Å². The van der Waals surface area contributed by atoms with Crippen LogP contribution in [0.2, 0.25) is 0 Å². The van der Waals surface area contributed by atoms with Crippen LogP contribution in [0, 0.1) is 6.92 Å². The molecule has 2 aromatic heterocycles. The molecular weight excluding hydrogens is 368 g/mol. The Balaban J connectivity index is 1.82. The summed E-state index contributed by atoms with van der Waals surface area (Å²) in [4.78, 5) is 20.1. The van der Waals surface area contributed by atoms with Gasteiger partial charge in [0.25, 0.3) is 5.91 Å². The average molecular weight is 391 g/mol. The number of carbonyl (C=O) groups is 1. The third-order valence-electron chi connectivity index (χ3n) is 4.86. The van der Waals surface area contributed by atoms with Crippen LogP contribution < -0.4 is 4.90 Å². The molecule has 2 aromatic carbocycles. The van der Waals surface area contributed by atoms with Crippen molar-refractivity contribution >= 4 is 32.6 Å². The Labute approximate surface area is 168 Å². The Morgan fingerprint density at radius 2 is 1.93 bits per heavy atom. The molecule has 0 atom stereocenters. The maximum absolute atomic E-state index is 13.5. The third kappa shape index (κ3) is 3.31. The average Bonchev–Trinajstić information content (AvgIpc) is 3.29. The van der Waals surface area contributed by atoms with Gasteiger partial charge in [-0.15, -0.1) is 0 Å². The highest BCUT2D eigenvalue weighted by atomic mass is 32.1. The molecule has 1 amide bonds. The summed E-state index contributed by atoms with van der Waals surface area (Å²) in [6, 6.07) is 16.2. The van der Waals surface area contributed by atoms with E-state index in [1.54, 1.807) is 34.2 Å². The van der Waals surface area contributed by atoms with E-state index in [-0.39, 0.29) is 5.91 Å². The first kappa shape index (κ1) is 18.4. The molecule has 0 spiro atoms. The monoisotopic (exact) mass is 390 g/mol. The summed E-state index contributed by atoms with van der Waals surface area (Å²) in [5.41, 5.74) is 4.69. The normalized spacial score (nSPS) is 11.1. The number of amides is 1. The van der Waals surface area contributed by atoms with Crippen LogP contribution in [0.15, 0.2) is 54.7 Å². The number of fused-ring (bicyclic) bond motifs is 1. The number of aromatic nitrogens is 3. The highest BCUT2D eigenvalue weighted by molar-refractivity contribution is 7.22. The summed E-state index contributed by atoms with van der Waals surface area (Å²) in [7, 11) is 1.80. The second-order valence-corrected chi connectivity index (χ2v) is 7.80. The molecule has 0 N–H and O–H groups in total. The number of benzene rings is 2. The standard InChI is InChI=1S/C22H22N4OS/c1-4-17-11-8-12-18-19(17)24-22(28-18)26(14-16-9-6-5-7-10-16)21(27)20-15(2)13-23-25(20)3/h5-13H,4,14H2,1-3H3. The molecule has 0 aliphatic heterocycles. The van der Waals surface area contributed by atoms with Gasteiger partial charge in [-0.2, -0.15) is 5.10 Å². The molecule has 0 saturated heterocycles. The molecule has 0 fully saturated rings. The third-order valence-corrected chi connectivity index (χ3v) is 5.90. The lowest BCUT2D eigenvalue weighted by Crippen LogP contribution is -2.32. The predicted molar refractivity (Wildman–Crippen MR) is 114 cm³/mol. The van der Waals surface area contributed by atoms with E-state index in [1.165, 1.54) is 5.56 Å². The Hall–Kier alpha value is -2.99. The van der Waals surface area contributed by atoms with Crippen LogP contribution >= 0.6 is 11.3 Å². The van der Waals surface area contributed by atoms with Crippen molar-refractivity contribution in [3.8, 4) is 0 Å². The Bertz CT molecular complexity index is 1110. The van der Waals surface area contributed by atoms with Gasteiger partial charge in [0.05, 0.1) is 23.0 Å². The molecule has 6 heteroatoms. The largest absolute Gasteiger partial charge is 0.278 e. The molecule has 142 valence electrons. The lowest BCUT2D eigenvalue weighted by molar-refractivity contribution is 0.0975. The minimum atomic E-state index is -0.0848. The molecule has 28 heavy (non-hydrogen) atoms. The Morgan fingerprint density at radius 3 is 2.61 bits per heavy atom. The number of carbonyl (C=O) groups excluding carboxylic acids is 1. The summed E-state index contributed by atoms with van der Waals surface area (Å²) in [5.74, 6) is -0.0848. The number of nitrogens with zero attached hydrogens (tertiary/aromatic N) is 4. The first-order chi connectivity index (χ1) is 13.6. The maximum Gasteiger partial charge on any atom is 0.278 e. The molecule has 4 rings (SSSR count). The molecule has 0 aliphatic carbocycles. The maximum atomic E-state index is 13.5. The van der Waals surface area contributed by atoms with E-state index >= 15 is 0 Å². The first-order valence-corrected chi connectivity index (χ1v) is 10.1. The van der Waals surface area contributed by atoms with Crippen molar-refractivity contribution < 1.29 is 4.79 Å². The summed E-state index contributed by atoms with van der Waals surface area (Å²) >= 11 is 1.56. The molecule has 0 bridgehead atoms. The molecule has 0 saturated carbocycles. The zero-order valence-corrected chi connectivity index (χ0v) is 17.0. The van der Waals surface area contributed by atoms with Gasteiger partial charge in [-0.05, 0) is 36.1 Å². The molecule has 0 radical (unpaired) electrons. The van der Waals surface area contributed by atoms with E-state index in [2.05, 4.69) is 30.2 Å². The van der Waals surface area contributed by atoms with Crippen LogP contribution in [0.5, 0.6) is 0 Å². The lowest BCUT2D eigenvalue weighted by atomic mass is 10.1. The van der Waals surface area contributed by atoms with Crippen molar-refractivity contribution in [1.82, 2.24) is 14.8 Å². The van der Waals surface area contributed by atoms with Crippen LogP contribution in [0.3, 0.4) is 0 Å². The second kappa shape index (κ2) is 7.56. The number of aryl methyl sites for hydroxylation is 3. The van der Waals surface area contributed by atoms with Crippen molar-refractivity contribution in [2.45, 2.75) is 26.8 Å². The van der Waals surface area contributed by atoms with Gasteiger partial charge in [0.2, 0.25) is 0 Å². The van der Waals surface area contributed by atoms with Gasteiger partial charge in [-0.1, -0.05) is 60.7 Å². The fourth-order valence-corrected chi connectivity index (χ4v) is 4.38. The van der Waals surface area contributed by atoms with Gasteiger partial charge >= 0.3 is 0 Å². The van der Waals surface area contributed by atoms with Gasteiger partial charge < -0.3 is 0 Å². The van der Waals surface area contributed by atoms with Gasteiger partial charge in [-0.25, -0.2) is 4.98 Å². The number of thiazole rings is 1. The van der Waals surface area contributed by atoms with Gasteiger partial charge in [-0.3, -0.25) is 14.4 Å². The molecular formula is C22H22N4OS. The number of anilines is 1. The summed E-state index contributed by atoms with van der Waals surface area (Å²) in [6.45, 7) is 4.50. The van der Waals surface area contributed by atoms with Crippen molar-refractivity contribution in [3.05, 3.63) is 77.1 Å². The van der Waals surface area contributed by atoms with E-state index in [9.17, 15) is 4.79 Å². The fourth-order valence-electron chi connectivity index (χ4n) is 3.37. The van der Waals surface area contributed by atoms with Gasteiger partial charge in [0.15, 0.2) is 5.13 Å². The zero-order chi connectivity index (χ0) is 19.7. The molecule has 2 heterocycles. The number of para-hydroxylation sites is 1. The van der Waals surface area contributed by atoms with E-state index in [4.69, 9.17) is 4.98 Å². The summed E-state index contributed by atoms with van der Waals surface area (Å²) in [5, 5.41) is 4.96. The molecule has 0 unspecified atom stereocenters. The van der Waals surface area contributed by atoms with Crippen molar-refractivity contribution in [1.29, 1.82) is 0 Å². The lowest BCUT2D eigenvalue weighted by Gasteiger charge is -2.20. The zero-order valence-electron chi connectivity index (χ0n) is 16.2. The second-order valence-electron chi connectivity index (χ2n) is 6.79. The Kier molecular flexibility index (Phi) is 4.96. The fraction of sp³-hybridized carbons (Fsp3) is 0.227. The highest BCUT2D eigenvalue weighted by Crippen LogP contribution is 2.33. The molecule has 4 aromatic rings. The topological polar surface area (TPSA) is 51.0 Å². The van der Waals surface area contributed by atoms with Crippen molar-refractivity contribution in [2.75, 3.05) is 4.90 Å². The minimum absolute atomic E-state index is 0.0848. The van der Waals surface area contributed by atoms with E-state index in [0.29, 0.717) is 17.4 Å². The van der Waals surface area contributed by atoms with E-state index in [1.807, 2.05) is 37.3 Å². The summed E-state index contributed by atoms with van der Waals surface area (Å²) < 4.78 is 2.74. The Morgan fingerprint density at radius 1 is 1.14 bits per heavy atom. The van der Waals surface area contributed by atoms with Crippen molar-refractivity contribution in [3.63, 3.8) is 0 Å². The highest BCUT2D eigenvalue weighted by Gasteiger charge is 2.26. The number of rotatable bonds is 5. The van der Waals surface area contributed by atoms with Crippen molar-refractivity contribution in [2.24, 2.45) is 7.05 Å². The van der Waals surface area contributed by atoms with Crippen LogP contribution in [-0.4, -0.2) is 20.7 Å². The summed E-state index contributed by atoms with van der Waals surface area (Å²) in [6.07, 6.45) is 2.63. The van der Waals surface area contributed by atoms with Crippen LogP contribution in [0.25, 0.3) is 10.2 Å². The van der Waals surface area contributed by atoms with Gasteiger partial charge in [0.1, 0.15) is 5.69 Å². The predicted octanol–water partition coefficient (Wildman–Crippen LogP) is 4.75. The van der Waals surface area contributed by atoms with Crippen LogP contribution in [0.1, 0.15) is 34.1 Å².